The van der Waals surface area contributed by atoms with Gasteiger partial charge in [-0.2, -0.15) is 10.2 Å². The van der Waals surface area contributed by atoms with Crippen LogP contribution >= 0.6 is 15.0 Å². The number of hydrogen-bond acceptors (Lipinski definition) is 19. The zero-order valence-corrected chi connectivity index (χ0v) is 43.0. The van der Waals surface area contributed by atoms with Crippen molar-refractivity contribution in [3.8, 4) is 6.07 Å². The second-order valence-corrected chi connectivity index (χ2v) is 30.6. The number of carbonyl (C=O) groups excluding carboxylic acids is 1. The highest BCUT2D eigenvalue weighted by Gasteiger charge is 2.60. The van der Waals surface area contributed by atoms with Crippen molar-refractivity contribution in [2.24, 2.45) is 11.8 Å². The van der Waals surface area contributed by atoms with E-state index in [1.165, 1.54) is 17.2 Å². The van der Waals surface area contributed by atoms with E-state index in [0.29, 0.717) is 18.7 Å². The minimum atomic E-state index is -3.91. The normalized spacial score (nSPS) is 27.5. The third kappa shape index (κ3) is 11.7. The summed E-state index contributed by atoms with van der Waals surface area (Å²) >= 11 is 6.22. The van der Waals surface area contributed by atoms with Crippen LogP contribution in [0.1, 0.15) is 94.7 Å². The Hall–Kier alpha value is -2.99. The Morgan fingerprint density at radius 1 is 1.09 bits per heavy atom. The minimum absolute atomic E-state index is 0.0202. The Bertz CT molecular complexity index is 2270. The van der Waals surface area contributed by atoms with Crippen LogP contribution in [0, 0.1) is 23.2 Å². The number of fused-ring (bicyclic) bond motifs is 4. The molecular formula is C39H62N9O12P2SSi2+. The van der Waals surface area contributed by atoms with Crippen molar-refractivity contribution in [1.82, 2.24) is 29.5 Å². The number of ether oxygens (including phenoxy) is 1. The first-order valence-corrected chi connectivity index (χ1v) is 29.6. The Morgan fingerprint density at radius 2 is 1.82 bits per heavy atom. The van der Waals surface area contributed by atoms with Crippen LogP contribution in [-0.2, 0) is 57.1 Å². The zero-order valence-electron chi connectivity index (χ0n) is 38.4. The first-order valence-electron chi connectivity index (χ1n) is 22.0. The summed E-state index contributed by atoms with van der Waals surface area (Å²) in [7, 11) is -9.92. The van der Waals surface area contributed by atoms with Crippen molar-refractivity contribution in [2.75, 3.05) is 30.5 Å². The summed E-state index contributed by atoms with van der Waals surface area (Å²) < 4.78 is 68.7. The molecule has 9 atom stereocenters. The number of nitriles is 1. The smallest absolute Gasteiger partial charge is 0.414 e. The first kappa shape index (κ1) is 51.4. The summed E-state index contributed by atoms with van der Waals surface area (Å²) in [5.74, 6) is -0.712. The fourth-order valence-corrected chi connectivity index (χ4v) is 21.2. The van der Waals surface area contributed by atoms with Gasteiger partial charge in [-0.05, 0) is 52.9 Å². The number of rotatable bonds is 16. The van der Waals surface area contributed by atoms with Crippen LogP contribution in [0.2, 0.25) is 22.2 Å². The van der Waals surface area contributed by atoms with E-state index < -0.39 is 74.2 Å². The summed E-state index contributed by atoms with van der Waals surface area (Å²) in [6, 6.07) is 3.65. The topological polar surface area (TPSA) is 265 Å². The van der Waals surface area contributed by atoms with Crippen LogP contribution in [0.4, 0.5) is 11.8 Å². The van der Waals surface area contributed by atoms with Crippen LogP contribution in [0.5, 0.6) is 0 Å². The molecule has 21 nitrogen and oxygen atoms in total. The summed E-state index contributed by atoms with van der Waals surface area (Å²) in [6.45, 7) is 14.6. The maximum absolute atomic E-state index is 13.9. The summed E-state index contributed by atoms with van der Waals surface area (Å²) in [5, 5.41) is 15.6. The van der Waals surface area contributed by atoms with E-state index in [1.807, 2.05) is 55.4 Å². The zero-order chi connectivity index (χ0) is 47.4. The second kappa shape index (κ2) is 21.5. The van der Waals surface area contributed by atoms with Crippen LogP contribution in [0.15, 0.2) is 29.7 Å². The Kier molecular flexibility index (Phi) is 17.0. The second-order valence-electron chi connectivity index (χ2n) is 18.1. The predicted molar refractivity (Wildman–Crippen MR) is 247 cm³/mol. The number of aromatic nitrogens is 6. The number of aromatic amines is 1. The number of imidazole rings is 1. The molecule has 26 heteroatoms. The molecule has 0 radical (unpaired) electrons. The van der Waals surface area contributed by atoms with E-state index in [4.69, 9.17) is 47.7 Å². The molecule has 4 N–H and O–H groups in total. The van der Waals surface area contributed by atoms with Crippen molar-refractivity contribution < 1.29 is 50.1 Å². The lowest BCUT2D eigenvalue weighted by atomic mass is 10.1. The van der Waals surface area contributed by atoms with Crippen molar-refractivity contribution in [1.29, 1.82) is 5.26 Å². The van der Waals surface area contributed by atoms with Gasteiger partial charge < -0.3 is 32.4 Å². The van der Waals surface area contributed by atoms with Gasteiger partial charge in [0.05, 0.1) is 32.0 Å². The Balaban J connectivity index is 1.49. The van der Waals surface area contributed by atoms with Gasteiger partial charge in [-0.15, -0.1) is 9.05 Å². The van der Waals surface area contributed by atoms with Crippen molar-refractivity contribution in [3.63, 3.8) is 0 Å². The van der Waals surface area contributed by atoms with E-state index in [0.717, 1.165) is 0 Å². The number of H-pyrrole nitrogens is 1. The van der Waals surface area contributed by atoms with Gasteiger partial charge in [0.1, 0.15) is 43.2 Å². The molecule has 1 saturated carbocycles. The van der Waals surface area contributed by atoms with Crippen molar-refractivity contribution in [3.05, 3.63) is 35.3 Å². The highest BCUT2D eigenvalue weighted by molar-refractivity contribution is 8.07. The molecule has 3 aliphatic rings. The molecule has 1 aliphatic carbocycles. The molecule has 2 saturated heterocycles. The number of nitrogens with zero attached hydrogens (tertiary/aromatic N) is 6. The summed E-state index contributed by atoms with van der Waals surface area (Å²) in [5.41, 5.74) is -1.62. The molecule has 2 aliphatic heterocycles. The third-order valence-corrected chi connectivity index (χ3v) is 24.9. The number of nitrogens with one attached hydrogen (secondary N) is 3. The maximum atomic E-state index is 13.9. The lowest BCUT2D eigenvalue weighted by Crippen LogP contribution is -2.62. The fraction of sp³-hybridized carbons (Fsp3) is 0.718. The quantitative estimate of drug-likeness (QED) is 0.0650. The van der Waals surface area contributed by atoms with Gasteiger partial charge in [0.25, 0.3) is 5.56 Å². The van der Waals surface area contributed by atoms with Gasteiger partial charge in [-0.1, -0.05) is 69.2 Å². The number of carbonyl (C=O) groups is 1. The fourth-order valence-electron chi connectivity index (χ4n) is 8.33. The van der Waals surface area contributed by atoms with Gasteiger partial charge in [0.2, 0.25) is 11.9 Å². The van der Waals surface area contributed by atoms with E-state index >= 15 is 0 Å². The molecule has 3 aromatic rings. The van der Waals surface area contributed by atoms with Gasteiger partial charge in [0, 0.05) is 28.6 Å². The molecule has 2 bridgehead atoms. The first-order chi connectivity index (χ1) is 30.7. The highest BCUT2D eigenvalue weighted by Crippen LogP contribution is 2.57. The third-order valence-electron chi connectivity index (χ3n) is 12.0. The Morgan fingerprint density at radius 3 is 2.45 bits per heavy atom. The largest absolute Gasteiger partial charge is 0.697 e. The lowest BCUT2D eigenvalue weighted by molar-refractivity contribution is -0.118. The molecule has 0 aromatic carbocycles. The van der Waals surface area contributed by atoms with E-state index in [1.54, 1.807) is 26.1 Å². The van der Waals surface area contributed by atoms with Crippen LogP contribution in [-0.4, -0.2) is 108 Å². The average Bonchev–Trinajstić information content (AvgIpc) is 3.93. The predicted octanol–water partition coefficient (Wildman–Crippen LogP) is 6.84. The van der Waals surface area contributed by atoms with E-state index in [-0.39, 0.29) is 83.4 Å². The SMILES string of the molecule is CC(C)C(=O)Nc1nc2c(ncn2[C@@H]2O[C@@H]3CO[P+](=O)O[C@H]4C[C@H](Nc5ccncn5)C[C@@H]4COP(=S)(OCCC#N)O[C@@H]2[C@@H]3O[Si](O[Si](O)(C(C)C)C(C)C)(C(C)C)C(C)C)c(=O)[nH]1. The summed E-state index contributed by atoms with van der Waals surface area (Å²) in [6.07, 6.45) is -0.0954. The highest BCUT2D eigenvalue weighted by atomic mass is 32.5. The van der Waals surface area contributed by atoms with Crippen molar-refractivity contribution >= 4 is 72.7 Å². The Labute approximate surface area is 387 Å². The molecule has 65 heavy (non-hydrogen) atoms. The van der Waals surface area contributed by atoms with Crippen molar-refractivity contribution in [2.45, 2.75) is 147 Å². The molecule has 3 fully saturated rings. The molecule has 1 amide bonds. The average molecular weight is 999 g/mol. The van der Waals surface area contributed by atoms with E-state index in [9.17, 15) is 24.2 Å². The molecule has 5 heterocycles. The van der Waals surface area contributed by atoms with Crippen LogP contribution in [0.25, 0.3) is 11.2 Å². The number of hydrogen-bond donors (Lipinski definition) is 4. The standard InChI is InChI=1S/C39H61N9O12P2SSi2/c1-22(2)36(49)46-39-45-35-32(37(50)47-39)43-21-48(35)38-34-33(59-65(25(7)8,26(9)10)60-64(52,23(3)4)24(5)6)30(56-38)19-53-61(51)57-29-17-28(44-31-12-14-41-20-42-31)16-27(29)18-55-62(63,58-34)54-15-11-13-40/h12,14,20-30,33-34,38,52H,11,15-19H2,1-10H3,(H2-,41,42,44,45,46,47,49,50)/p+1/t27-,28-,29+,30-,33-,34-,38-,62?/m1/s1. The van der Waals surface area contributed by atoms with Gasteiger partial charge in [-0.25, -0.2) is 15.0 Å². The molecular weight excluding hydrogens is 937 g/mol. The molecule has 0 spiro atoms. The number of amides is 1. The summed E-state index contributed by atoms with van der Waals surface area (Å²) in [4.78, 5) is 58.4. The van der Waals surface area contributed by atoms with Gasteiger partial charge in [0.15, 0.2) is 17.4 Å². The van der Waals surface area contributed by atoms with Crippen LogP contribution in [0.3, 0.4) is 0 Å². The molecule has 2 unspecified atom stereocenters. The molecule has 3 aromatic heterocycles. The van der Waals surface area contributed by atoms with Crippen LogP contribution < -0.4 is 16.2 Å². The molecule has 358 valence electrons. The van der Waals surface area contributed by atoms with Gasteiger partial charge >= 0.3 is 32.1 Å². The van der Waals surface area contributed by atoms with Gasteiger partial charge in [-0.3, -0.25) is 29.0 Å². The lowest BCUT2D eigenvalue weighted by Gasteiger charge is -2.47. The molecule has 6 rings (SSSR count). The minimum Gasteiger partial charge on any atom is -0.414 e. The maximum Gasteiger partial charge on any atom is 0.697 e. The monoisotopic (exact) mass is 998 g/mol. The number of anilines is 2. The van der Waals surface area contributed by atoms with E-state index in [2.05, 4.69) is 41.6 Å².